The molecule has 1 heterocycles. The Morgan fingerprint density at radius 3 is 2.27 bits per heavy atom. The minimum absolute atomic E-state index is 0.0345. The summed E-state index contributed by atoms with van der Waals surface area (Å²) in [7, 11) is 0. The molecular formula is C15H15Cl3F3N5. The van der Waals surface area contributed by atoms with Crippen molar-refractivity contribution in [2.45, 2.75) is 29.4 Å². The topological polar surface area (TPSA) is 76.7 Å². The first-order chi connectivity index (χ1) is 11.8. The van der Waals surface area contributed by atoms with Crippen LogP contribution in [0.3, 0.4) is 0 Å². The second-order valence-electron chi connectivity index (χ2n) is 6.22. The molecule has 0 unspecified atom stereocenters. The van der Waals surface area contributed by atoms with Crippen molar-refractivity contribution in [3.8, 4) is 11.4 Å². The van der Waals surface area contributed by atoms with Gasteiger partial charge in [-0.05, 0) is 26.0 Å². The van der Waals surface area contributed by atoms with Gasteiger partial charge in [0.1, 0.15) is 0 Å². The first kappa shape index (κ1) is 21.0. The molecule has 11 heteroatoms. The number of nitrogens with zero attached hydrogens (tertiary/aromatic N) is 3. The number of hydrogen-bond donors (Lipinski definition) is 2. The van der Waals surface area contributed by atoms with Crippen LogP contribution in [0, 0.1) is 0 Å². The molecule has 142 valence electrons. The van der Waals surface area contributed by atoms with Crippen LogP contribution in [0.15, 0.2) is 24.3 Å². The summed E-state index contributed by atoms with van der Waals surface area (Å²) in [5.41, 5.74) is 4.55. The number of anilines is 1. The van der Waals surface area contributed by atoms with Crippen molar-refractivity contribution < 1.29 is 13.2 Å². The average molecular weight is 429 g/mol. The number of halogens is 6. The lowest BCUT2D eigenvalue weighted by molar-refractivity contribution is -0.137. The zero-order valence-electron chi connectivity index (χ0n) is 13.7. The maximum Gasteiger partial charge on any atom is 0.416 e. The van der Waals surface area contributed by atoms with Gasteiger partial charge in [-0.1, -0.05) is 46.9 Å². The number of hydrogen-bond acceptors (Lipinski definition) is 5. The van der Waals surface area contributed by atoms with E-state index in [0.717, 1.165) is 12.1 Å². The number of alkyl halides is 6. The monoisotopic (exact) mass is 427 g/mol. The van der Waals surface area contributed by atoms with Crippen LogP contribution in [0.25, 0.3) is 11.4 Å². The highest BCUT2D eigenvalue weighted by atomic mass is 35.6. The van der Waals surface area contributed by atoms with E-state index >= 15 is 0 Å². The summed E-state index contributed by atoms with van der Waals surface area (Å²) >= 11 is 17.5. The fourth-order valence-corrected chi connectivity index (χ4v) is 2.11. The van der Waals surface area contributed by atoms with E-state index < -0.39 is 21.1 Å². The Labute approximate surface area is 163 Å². The summed E-state index contributed by atoms with van der Waals surface area (Å²) in [5.74, 6) is -0.251. The summed E-state index contributed by atoms with van der Waals surface area (Å²) in [6, 6.07) is 4.52. The van der Waals surface area contributed by atoms with Crippen molar-refractivity contribution in [1.82, 2.24) is 15.0 Å². The molecule has 0 amide bonds. The largest absolute Gasteiger partial charge is 0.416 e. The molecule has 1 aromatic heterocycles. The molecule has 0 fully saturated rings. The second-order valence-corrected chi connectivity index (χ2v) is 8.51. The fraction of sp³-hybridized carbons (Fsp3) is 0.400. The van der Waals surface area contributed by atoms with Gasteiger partial charge in [0.15, 0.2) is 11.6 Å². The molecular weight excluding hydrogens is 414 g/mol. The lowest BCUT2D eigenvalue weighted by Gasteiger charge is -2.20. The highest BCUT2D eigenvalue weighted by molar-refractivity contribution is 6.66. The van der Waals surface area contributed by atoms with E-state index in [1.54, 1.807) is 13.8 Å². The molecule has 3 N–H and O–H groups in total. The molecule has 0 atom stereocenters. The highest BCUT2D eigenvalue weighted by Crippen LogP contribution is 2.37. The first-order valence-corrected chi connectivity index (χ1v) is 8.43. The van der Waals surface area contributed by atoms with Gasteiger partial charge in [-0.3, -0.25) is 0 Å². The van der Waals surface area contributed by atoms with Crippen molar-refractivity contribution >= 4 is 40.8 Å². The number of nitrogens with one attached hydrogen (secondary N) is 1. The minimum Gasteiger partial charge on any atom is -0.352 e. The first-order valence-electron chi connectivity index (χ1n) is 7.29. The summed E-state index contributed by atoms with van der Waals surface area (Å²) in [5, 5.41) is 2.87. The molecule has 2 rings (SSSR count). The molecule has 0 aliphatic rings. The molecule has 0 saturated heterocycles. The van der Waals surface area contributed by atoms with Crippen LogP contribution in [0.4, 0.5) is 19.1 Å². The van der Waals surface area contributed by atoms with E-state index in [1.165, 1.54) is 12.1 Å². The molecule has 0 aliphatic carbocycles. The van der Waals surface area contributed by atoms with Crippen LogP contribution in [-0.2, 0) is 9.97 Å². The third-order valence-corrected chi connectivity index (χ3v) is 3.55. The van der Waals surface area contributed by atoms with Gasteiger partial charge in [-0.25, -0.2) is 4.98 Å². The molecule has 0 radical (unpaired) electrons. The van der Waals surface area contributed by atoms with E-state index in [4.69, 9.17) is 40.5 Å². The van der Waals surface area contributed by atoms with Gasteiger partial charge in [-0.15, -0.1) is 0 Å². The predicted molar refractivity (Wildman–Crippen MR) is 96.3 cm³/mol. The zero-order valence-corrected chi connectivity index (χ0v) is 16.0. The van der Waals surface area contributed by atoms with Crippen LogP contribution >= 0.6 is 34.8 Å². The van der Waals surface area contributed by atoms with Crippen molar-refractivity contribution in [2.24, 2.45) is 5.73 Å². The summed E-state index contributed by atoms with van der Waals surface area (Å²) in [4.78, 5) is 12.1. The van der Waals surface area contributed by atoms with E-state index in [1.807, 2.05) is 0 Å². The second kappa shape index (κ2) is 7.34. The Morgan fingerprint density at radius 2 is 1.73 bits per heavy atom. The molecule has 0 bridgehead atoms. The Morgan fingerprint density at radius 1 is 1.08 bits per heavy atom. The summed E-state index contributed by atoms with van der Waals surface area (Å²) < 4.78 is 36.8. The van der Waals surface area contributed by atoms with Crippen molar-refractivity contribution in [2.75, 3.05) is 11.9 Å². The minimum atomic E-state index is -4.51. The Balaban J connectivity index is 2.51. The van der Waals surface area contributed by atoms with Gasteiger partial charge in [0.05, 0.1) is 5.56 Å². The lowest BCUT2D eigenvalue weighted by atomic mass is 10.1. The number of benzene rings is 1. The smallest absolute Gasteiger partial charge is 0.352 e. The van der Waals surface area contributed by atoms with E-state index in [2.05, 4.69) is 20.3 Å². The molecule has 2 aromatic rings. The van der Waals surface area contributed by atoms with Gasteiger partial charge in [0, 0.05) is 17.6 Å². The molecule has 1 aromatic carbocycles. The Kier molecular flexibility index (Phi) is 5.92. The van der Waals surface area contributed by atoms with Crippen LogP contribution in [-0.4, -0.2) is 27.0 Å². The van der Waals surface area contributed by atoms with Gasteiger partial charge < -0.3 is 11.1 Å². The van der Waals surface area contributed by atoms with Gasteiger partial charge in [0.2, 0.25) is 9.74 Å². The molecule has 26 heavy (non-hydrogen) atoms. The summed E-state index contributed by atoms with van der Waals surface area (Å²) in [6.45, 7) is 3.81. The third-order valence-electron chi connectivity index (χ3n) is 3.04. The number of aromatic nitrogens is 3. The van der Waals surface area contributed by atoms with Crippen molar-refractivity contribution in [1.29, 1.82) is 0 Å². The maximum atomic E-state index is 12.9. The van der Waals surface area contributed by atoms with Crippen LogP contribution in [0.1, 0.15) is 25.2 Å². The SMILES string of the molecule is CC(C)(N)CNc1nc(-c2cccc(C(F)(F)F)c2)nc(C(Cl)(Cl)Cl)n1. The van der Waals surface area contributed by atoms with Crippen molar-refractivity contribution in [3.05, 3.63) is 35.7 Å². The predicted octanol–water partition coefficient (Wildman–Crippen LogP) is 4.53. The summed E-state index contributed by atoms with van der Waals surface area (Å²) in [6.07, 6.45) is -4.51. The van der Waals surface area contributed by atoms with Crippen molar-refractivity contribution in [3.63, 3.8) is 0 Å². The highest BCUT2D eigenvalue weighted by Gasteiger charge is 2.32. The normalized spacial score (nSPS) is 13.0. The quantitative estimate of drug-likeness (QED) is 0.700. The number of nitrogens with two attached hydrogens (primary N) is 1. The van der Waals surface area contributed by atoms with Crippen LogP contribution in [0.5, 0.6) is 0 Å². The van der Waals surface area contributed by atoms with Gasteiger partial charge in [-0.2, -0.15) is 23.1 Å². The maximum absolute atomic E-state index is 12.9. The van der Waals surface area contributed by atoms with E-state index in [-0.39, 0.29) is 29.7 Å². The lowest BCUT2D eigenvalue weighted by Crippen LogP contribution is -2.40. The molecule has 0 aliphatic heterocycles. The standard InChI is InChI=1S/C15H15Cl3F3N5/c1-13(2,22)7-23-12-25-10(24-11(26-12)14(16,17)18)8-4-3-5-9(6-8)15(19,20)21/h3-6H,7,22H2,1-2H3,(H,23,24,25,26). The van der Waals surface area contributed by atoms with Gasteiger partial charge in [0.25, 0.3) is 0 Å². The fourth-order valence-electron chi connectivity index (χ4n) is 1.85. The van der Waals surface area contributed by atoms with Gasteiger partial charge >= 0.3 is 6.18 Å². The average Bonchev–Trinajstić information content (AvgIpc) is 2.50. The third kappa shape index (κ3) is 5.84. The number of rotatable bonds is 4. The zero-order chi connectivity index (χ0) is 19.8. The van der Waals surface area contributed by atoms with Crippen LogP contribution < -0.4 is 11.1 Å². The molecule has 5 nitrogen and oxygen atoms in total. The van der Waals surface area contributed by atoms with Crippen LogP contribution in [0.2, 0.25) is 0 Å². The molecule has 0 spiro atoms. The Bertz CT molecular complexity index is 785. The van der Waals surface area contributed by atoms with E-state index in [0.29, 0.717) is 0 Å². The Hall–Kier alpha value is -1.35. The van der Waals surface area contributed by atoms with E-state index in [9.17, 15) is 13.2 Å². The molecule has 0 saturated carbocycles.